The van der Waals surface area contributed by atoms with E-state index in [1.165, 1.54) is 53.2 Å². The molecule has 39 heavy (non-hydrogen) atoms. The summed E-state index contributed by atoms with van der Waals surface area (Å²) in [7, 11) is -8.71. The number of aromatic amines is 1. The zero-order valence-electron chi connectivity index (χ0n) is 20.5. The average molecular weight is 571 g/mol. The van der Waals surface area contributed by atoms with Gasteiger partial charge in [-0.25, -0.2) is 4.68 Å². The van der Waals surface area contributed by atoms with Gasteiger partial charge < -0.3 is 0 Å². The van der Waals surface area contributed by atoms with Crippen LogP contribution in [0.3, 0.4) is 0 Å². The number of nitrogens with one attached hydrogen (secondary N) is 1. The van der Waals surface area contributed by atoms with Crippen molar-refractivity contribution < 1.29 is 30.7 Å². The molecular formula is C25H22N4O8S2. The third-order valence-electron chi connectivity index (χ3n) is 5.70. The summed E-state index contributed by atoms with van der Waals surface area (Å²) in [6, 6.07) is 10.2. The molecule has 0 saturated carbocycles. The van der Waals surface area contributed by atoms with Crippen molar-refractivity contribution in [3.8, 4) is 5.69 Å². The molecule has 14 heteroatoms. The van der Waals surface area contributed by atoms with E-state index >= 15 is 0 Å². The van der Waals surface area contributed by atoms with Crippen LogP contribution >= 0.6 is 0 Å². The summed E-state index contributed by atoms with van der Waals surface area (Å²) in [5, 5.41) is 8.23. The standard InChI is InChI=1S/C25H22N4O8S2/c1-16-22(24(30)28(26-16)18-8-12-20(13-9-18)38(32,33)34)6-4-3-5-7-23-17(2)27-29(25(23)31)19-10-14-21(15-11-19)39(35,36)37/h3-15,26H,1-2H3,(H,32,33,34)(H,35,36,37)/b5-3+,6-4-,23-7-. The number of benzene rings is 2. The van der Waals surface area contributed by atoms with Crippen LogP contribution in [0.4, 0.5) is 5.69 Å². The molecule has 4 rings (SSSR count). The van der Waals surface area contributed by atoms with E-state index in [1.54, 1.807) is 44.2 Å². The number of amides is 1. The van der Waals surface area contributed by atoms with Crippen molar-refractivity contribution in [2.24, 2.45) is 5.10 Å². The minimum Gasteiger partial charge on any atom is -0.295 e. The summed E-state index contributed by atoms with van der Waals surface area (Å²) in [4.78, 5) is 25.1. The van der Waals surface area contributed by atoms with Gasteiger partial charge in [-0.3, -0.25) is 23.8 Å². The van der Waals surface area contributed by atoms with E-state index in [-0.39, 0.29) is 15.4 Å². The van der Waals surface area contributed by atoms with Crippen LogP contribution in [0.25, 0.3) is 11.8 Å². The molecule has 0 unspecified atom stereocenters. The molecule has 2 aromatic carbocycles. The van der Waals surface area contributed by atoms with Gasteiger partial charge in [0.25, 0.3) is 31.7 Å². The third-order valence-corrected chi connectivity index (χ3v) is 7.44. The first-order valence-corrected chi connectivity index (χ1v) is 14.1. The average Bonchev–Trinajstić information content (AvgIpc) is 3.32. The Morgan fingerprint density at radius 2 is 1.33 bits per heavy atom. The normalized spacial score (nSPS) is 15.7. The molecule has 0 saturated heterocycles. The number of anilines is 1. The predicted molar refractivity (Wildman–Crippen MR) is 144 cm³/mol. The lowest BCUT2D eigenvalue weighted by molar-refractivity contribution is -0.114. The van der Waals surface area contributed by atoms with Gasteiger partial charge in [0.15, 0.2) is 0 Å². The number of hydrogen-bond acceptors (Lipinski definition) is 7. The van der Waals surface area contributed by atoms with Crippen LogP contribution in [-0.4, -0.2) is 47.3 Å². The zero-order valence-corrected chi connectivity index (χ0v) is 22.1. The Kier molecular flexibility index (Phi) is 7.39. The predicted octanol–water partition coefficient (Wildman–Crippen LogP) is 2.89. The number of allylic oxidation sites excluding steroid dienone is 4. The van der Waals surface area contributed by atoms with Crippen LogP contribution in [0.5, 0.6) is 0 Å². The fourth-order valence-corrected chi connectivity index (χ4v) is 4.68. The summed E-state index contributed by atoms with van der Waals surface area (Å²) in [6.07, 6.45) is 7.96. The maximum atomic E-state index is 12.8. The van der Waals surface area contributed by atoms with E-state index in [4.69, 9.17) is 9.11 Å². The summed E-state index contributed by atoms with van der Waals surface area (Å²) in [6.45, 7) is 3.35. The summed E-state index contributed by atoms with van der Waals surface area (Å²) in [5.41, 5.74) is 2.00. The third kappa shape index (κ3) is 5.88. The van der Waals surface area contributed by atoms with Crippen LogP contribution in [-0.2, 0) is 25.0 Å². The summed E-state index contributed by atoms with van der Waals surface area (Å²) in [5.74, 6) is -0.426. The molecule has 3 aromatic rings. The van der Waals surface area contributed by atoms with Crippen molar-refractivity contribution in [3.05, 3.63) is 100 Å². The molecule has 1 aliphatic heterocycles. The van der Waals surface area contributed by atoms with E-state index in [2.05, 4.69) is 10.2 Å². The Hall–Kier alpha value is -4.37. The minimum atomic E-state index is -4.36. The quantitative estimate of drug-likeness (QED) is 0.220. The first-order chi connectivity index (χ1) is 18.3. The number of H-pyrrole nitrogens is 1. The lowest BCUT2D eigenvalue weighted by atomic mass is 10.1. The van der Waals surface area contributed by atoms with Crippen LogP contribution < -0.4 is 10.6 Å². The van der Waals surface area contributed by atoms with Gasteiger partial charge in [0.2, 0.25) is 0 Å². The number of rotatable bonds is 7. The van der Waals surface area contributed by atoms with E-state index in [9.17, 15) is 26.4 Å². The maximum absolute atomic E-state index is 12.8. The van der Waals surface area contributed by atoms with E-state index < -0.39 is 26.1 Å². The molecule has 3 N–H and O–H groups in total. The lowest BCUT2D eigenvalue weighted by Gasteiger charge is -2.11. The van der Waals surface area contributed by atoms with Crippen molar-refractivity contribution in [1.29, 1.82) is 0 Å². The molecule has 1 amide bonds. The zero-order chi connectivity index (χ0) is 28.5. The van der Waals surface area contributed by atoms with Gasteiger partial charge >= 0.3 is 0 Å². The van der Waals surface area contributed by atoms with Gasteiger partial charge in [-0.2, -0.15) is 26.9 Å². The number of carbonyl (C=O) groups excluding carboxylic acids is 1. The van der Waals surface area contributed by atoms with Gasteiger partial charge in [-0.15, -0.1) is 0 Å². The Balaban J connectivity index is 1.48. The highest BCUT2D eigenvalue weighted by Crippen LogP contribution is 2.25. The fraction of sp³-hybridized carbons (Fsp3) is 0.0800. The van der Waals surface area contributed by atoms with E-state index in [0.717, 1.165) is 5.01 Å². The SMILES string of the molecule is CC1=NN(c2ccc(S(=O)(=O)O)cc2)C(=O)\C1=C/C=C/C=C\c1c(C)[nH]n(-c2ccc(S(=O)(=O)O)cc2)c1=O. The first kappa shape index (κ1) is 27.7. The number of carbonyl (C=O) groups is 1. The molecular weight excluding hydrogens is 548 g/mol. The Labute approximate surface area is 223 Å². The lowest BCUT2D eigenvalue weighted by Crippen LogP contribution is -2.21. The van der Waals surface area contributed by atoms with E-state index in [1.807, 2.05) is 0 Å². The topological polar surface area (TPSA) is 179 Å². The number of hydrogen-bond donors (Lipinski definition) is 3. The number of aryl methyl sites for hydroxylation is 1. The van der Waals surface area contributed by atoms with Gasteiger partial charge in [0.05, 0.1) is 38.0 Å². The van der Waals surface area contributed by atoms with Crippen LogP contribution in [0.15, 0.2) is 98.1 Å². The van der Waals surface area contributed by atoms with Crippen molar-refractivity contribution in [3.63, 3.8) is 0 Å². The van der Waals surface area contributed by atoms with Gasteiger partial charge in [-0.1, -0.05) is 18.2 Å². The monoisotopic (exact) mass is 570 g/mol. The van der Waals surface area contributed by atoms with Crippen LogP contribution in [0.2, 0.25) is 0 Å². The highest BCUT2D eigenvalue weighted by Gasteiger charge is 2.28. The Morgan fingerprint density at radius 1 is 0.795 bits per heavy atom. The van der Waals surface area contributed by atoms with Crippen molar-refractivity contribution in [2.45, 2.75) is 23.6 Å². The molecule has 0 bridgehead atoms. The number of hydrazone groups is 1. The second kappa shape index (κ2) is 10.4. The second-order valence-corrected chi connectivity index (χ2v) is 11.2. The smallest absolute Gasteiger partial charge is 0.294 e. The molecule has 0 fully saturated rings. The Morgan fingerprint density at radius 3 is 1.87 bits per heavy atom. The molecule has 12 nitrogen and oxygen atoms in total. The largest absolute Gasteiger partial charge is 0.295 e. The van der Waals surface area contributed by atoms with E-state index in [0.29, 0.717) is 33.9 Å². The molecule has 1 aliphatic rings. The van der Waals surface area contributed by atoms with Crippen LogP contribution in [0.1, 0.15) is 18.2 Å². The molecule has 0 spiro atoms. The van der Waals surface area contributed by atoms with Crippen LogP contribution in [0, 0.1) is 6.92 Å². The highest BCUT2D eigenvalue weighted by molar-refractivity contribution is 7.86. The second-order valence-electron chi connectivity index (χ2n) is 8.36. The highest BCUT2D eigenvalue weighted by atomic mass is 32.2. The molecule has 0 aliphatic carbocycles. The maximum Gasteiger partial charge on any atom is 0.294 e. The molecule has 0 atom stereocenters. The summed E-state index contributed by atoms with van der Waals surface area (Å²) >= 11 is 0. The van der Waals surface area contributed by atoms with Gasteiger partial charge in [-0.05, 0) is 74.5 Å². The van der Waals surface area contributed by atoms with Crippen molar-refractivity contribution >= 4 is 43.6 Å². The molecule has 1 aromatic heterocycles. The molecule has 2 heterocycles. The minimum absolute atomic E-state index is 0.291. The number of nitrogens with zero attached hydrogens (tertiary/aromatic N) is 3. The fourth-order valence-electron chi connectivity index (χ4n) is 3.72. The summed E-state index contributed by atoms with van der Waals surface area (Å²) < 4.78 is 64.4. The number of aromatic nitrogens is 2. The first-order valence-electron chi connectivity index (χ1n) is 11.2. The van der Waals surface area contributed by atoms with Gasteiger partial charge in [0, 0.05) is 5.69 Å². The molecule has 202 valence electrons. The Bertz CT molecular complexity index is 1840. The molecule has 0 radical (unpaired) electrons. The van der Waals surface area contributed by atoms with Gasteiger partial charge in [0.1, 0.15) is 0 Å². The van der Waals surface area contributed by atoms with Crippen molar-refractivity contribution in [1.82, 2.24) is 9.78 Å². The van der Waals surface area contributed by atoms with Crippen molar-refractivity contribution in [2.75, 3.05) is 5.01 Å².